The zero-order chi connectivity index (χ0) is 24.8. The Balaban J connectivity index is 1.89. The van der Waals surface area contributed by atoms with Crippen LogP contribution in [0.3, 0.4) is 0 Å². The number of methoxy groups -OCH3 is 1. The average molecular weight is 465 g/mol. The van der Waals surface area contributed by atoms with Crippen molar-refractivity contribution in [2.45, 2.75) is 26.2 Å². The van der Waals surface area contributed by atoms with Crippen molar-refractivity contribution in [2.75, 3.05) is 13.7 Å². The van der Waals surface area contributed by atoms with Gasteiger partial charge < -0.3 is 25.1 Å². The van der Waals surface area contributed by atoms with E-state index in [9.17, 15) is 24.6 Å². The number of hydrazine groups is 1. The lowest BCUT2D eigenvalue weighted by atomic mass is 9.72. The highest BCUT2D eigenvalue weighted by Gasteiger charge is 2.53. The van der Waals surface area contributed by atoms with Crippen LogP contribution < -0.4 is 15.6 Å². The molecule has 34 heavy (non-hydrogen) atoms. The first-order valence-corrected chi connectivity index (χ1v) is 10.4. The van der Waals surface area contributed by atoms with Gasteiger partial charge in [-0.25, -0.2) is 0 Å². The molecule has 1 amide bonds. The number of nitrogens with one attached hydrogen (secondary N) is 2. The molecule has 0 bridgehead atoms. The molecule has 1 aliphatic carbocycles. The van der Waals surface area contributed by atoms with Gasteiger partial charge in [-0.15, -0.1) is 0 Å². The number of aromatic nitrogens is 1. The molecule has 0 spiro atoms. The normalized spacial score (nSPS) is 18.6. The number of ketones is 2. The molecule has 176 valence electrons. The van der Waals surface area contributed by atoms with Crippen molar-refractivity contribution in [3.05, 3.63) is 69.9 Å². The number of carbonyl (C=O) groups is 3. The predicted molar refractivity (Wildman–Crippen MR) is 119 cm³/mol. The van der Waals surface area contributed by atoms with Crippen molar-refractivity contribution < 1.29 is 34.1 Å². The van der Waals surface area contributed by atoms with Gasteiger partial charge in [-0.2, -0.15) is 0 Å². The number of Topliss-reactive ketones (excluding diaryl/α,β-unsaturated/α-hetero) is 1. The Hall–Kier alpha value is -4.18. The number of carbonyl (C=O) groups excluding carboxylic acids is 3. The summed E-state index contributed by atoms with van der Waals surface area (Å²) in [7, 11) is 1.42. The molecule has 2 aromatic rings. The first kappa shape index (κ1) is 23.0. The molecule has 1 aromatic carbocycles. The van der Waals surface area contributed by atoms with Gasteiger partial charge in [-0.1, -0.05) is 0 Å². The van der Waals surface area contributed by atoms with Crippen LogP contribution in [0.15, 0.2) is 47.6 Å². The fourth-order valence-electron chi connectivity index (χ4n) is 4.29. The summed E-state index contributed by atoms with van der Waals surface area (Å²) in [5, 5.41) is 21.6. The number of rotatable bonds is 6. The SMILES string of the molecule is COCC1=C(NNC(=O)c2ccncc2)[C@@]2(C)C(=CC1=O)Oc1c(C(C)=O)c(O)c(C)c(O)c12. The van der Waals surface area contributed by atoms with E-state index in [2.05, 4.69) is 15.8 Å². The maximum absolute atomic E-state index is 12.9. The van der Waals surface area contributed by atoms with E-state index in [1.165, 1.54) is 51.6 Å². The van der Waals surface area contributed by atoms with Gasteiger partial charge in [0.1, 0.15) is 28.6 Å². The number of aromatic hydroxyl groups is 2. The number of hydrogen-bond acceptors (Lipinski definition) is 9. The van der Waals surface area contributed by atoms with Gasteiger partial charge in [0.25, 0.3) is 5.91 Å². The van der Waals surface area contributed by atoms with Gasteiger partial charge in [0, 0.05) is 42.3 Å². The summed E-state index contributed by atoms with van der Waals surface area (Å²) < 4.78 is 11.1. The van der Waals surface area contributed by atoms with Crippen LogP contribution in [0.2, 0.25) is 0 Å². The Labute approximate surface area is 194 Å². The molecule has 0 fully saturated rings. The number of allylic oxidation sites excluding steroid dienone is 1. The summed E-state index contributed by atoms with van der Waals surface area (Å²) in [5.74, 6) is -2.04. The first-order valence-electron chi connectivity index (χ1n) is 10.4. The largest absolute Gasteiger partial charge is 0.507 e. The highest BCUT2D eigenvalue weighted by Crippen LogP contribution is 2.58. The molecule has 1 aromatic heterocycles. The molecule has 4 N–H and O–H groups in total. The van der Waals surface area contributed by atoms with E-state index < -0.39 is 28.6 Å². The van der Waals surface area contributed by atoms with Crippen LogP contribution in [0.1, 0.15) is 45.7 Å². The van der Waals surface area contributed by atoms with E-state index in [1.807, 2.05) is 0 Å². The second kappa shape index (κ2) is 8.31. The molecule has 10 nitrogen and oxygen atoms in total. The monoisotopic (exact) mass is 465 g/mol. The molecular weight excluding hydrogens is 442 g/mol. The summed E-state index contributed by atoms with van der Waals surface area (Å²) in [6.07, 6.45) is 4.18. The molecule has 0 saturated heterocycles. The van der Waals surface area contributed by atoms with Crippen molar-refractivity contribution in [1.82, 2.24) is 15.8 Å². The van der Waals surface area contributed by atoms with Crippen LogP contribution in [0.4, 0.5) is 0 Å². The van der Waals surface area contributed by atoms with Gasteiger partial charge in [0.05, 0.1) is 23.3 Å². The van der Waals surface area contributed by atoms with Crippen molar-refractivity contribution >= 4 is 17.5 Å². The Kier molecular flexibility index (Phi) is 5.62. The van der Waals surface area contributed by atoms with Gasteiger partial charge in [0.2, 0.25) is 0 Å². The highest BCUT2D eigenvalue weighted by molar-refractivity contribution is 6.08. The molecule has 0 radical (unpaired) electrons. The number of benzene rings is 1. The standard InChI is InChI=1S/C24H23N3O7/c1-11-19(30)17(12(2)28)21-18(20(11)31)24(3)16(34-21)9-15(29)14(10-33-4)22(24)26-27-23(32)13-5-7-25-8-6-13/h5-9,26,30-31H,10H2,1-4H3,(H,27,32)/t24-/m0/s1. The molecule has 2 heterocycles. The lowest BCUT2D eigenvalue weighted by Gasteiger charge is -2.34. The number of fused-ring (bicyclic) bond motifs is 3. The Morgan fingerprint density at radius 1 is 1.21 bits per heavy atom. The molecule has 0 saturated carbocycles. The minimum atomic E-state index is -1.31. The summed E-state index contributed by atoms with van der Waals surface area (Å²) in [4.78, 5) is 41.9. The molecule has 1 atom stereocenters. The smallest absolute Gasteiger partial charge is 0.269 e. The zero-order valence-corrected chi connectivity index (χ0v) is 19.0. The molecule has 4 rings (SSSR count). The second-order valence-corrected chi connectivity index (χ2v) is 8.16. The van der Waals surface area contributed by atoms with Crippen molar-refractivity contribution in [2.24, 2.45) is 0 Å². The molecular formula is C24H23N3O7. The van der Waals surface area contributed by atoms with Crippen LogP contribution in [-0.4, -0.2) is 46.4 Å². The van der Waals surface area contributed by atoms with E-state index in [-0.39, 0.29) is 51.8 Å². The summed E-state index contributed by atoms with van der Waals surface area (Å²) in [5.41, 5.74) is 4.96. The molecule has 1 aliphatic heterocycles. The van der Waals surface area contributed by atoms with Crippen molar-refractivity contribution in [1.29, 1.82) is 0 Å². The fraction of sp³-hybridized carbons (Fsp3) is 0.250. The number of hydrogen-bond donors (Lipinski definition) is 4. The van der Waals surface area contributed by atoms with E-state index in [0.29, 0.717) is 5.56 Å². The summed E-state index contributed by atoms with van der Waals surface area (Å²) in [6, 6.07) is 3.04. The minimum Gasteiger partial charge on any atom is -0.507 e. The lowest BCUT2D eigenvalue weighted by Crippen LogP contribution is -2.47. The quantitative estimate of drug-likeness (QED) is 0.371. The zero-order valence-electron chi connectivity index (χ0n) is 19.0. The van der Waals surface area contributed by atoms with Crippen molar-refractivity contribution in [3.63, 3.8) is 0 Å². The summed E-state index contributed by atoms with van der Waals surface area (Å²) >= 11 is 0. The van der Waals surface area contributed by atoms with Gasteiger partial charge in [-0.05, 0) is 32.9 Å². The van der Waals surface area contributed by atoms with Crippen molar-refractivity contribution in [3.8, 4) is 17.2 Å². The van der Waals surface area contributed by atoms with Crippen LogP contribution >= 0.6 is 0 Å². The van der Waals surface area contributed by atoms with Crippen LogP contribution in [0.5, 0.6) is 17.2 Å². The average Bonchev–Trinajstić information content (AvgIpc) is 3.09. The van der Waals surface area contributed by atoms with Crippen LogP contribution in [0, 0.1) is 6.92 Å². The first-order chi connectivity index (χ1) is 16.1. The van der Waals surface area contributed by atoms with Crippen LogP contribution in [-0.2, 0) is 14.9 Å². The Morgan fingerprint density at radius 3 is 2.50 bits per heavy atom. The van der Waals surface area contributed by atoms with E-state index >= 15 is 0 Å². The number of phenols is 2. The summed E-state index contributed by atoms with van der Waals surface area (Å²) in [6.45, 7) is 4.31. The minimum absolute atomic E-state index is 0.0481. The molecule has 2 aliphatic rings. The Morgan fingerprint density at radius 2 is 1.88 bits per heavy atom. The third-order valence-corrected chi connectivity index (χ3v) is 6.09. The highest BCUT2D eigenvalue weighted by atomic mass is 16.5. The number of pyridine rings is 1. The number of nitrogens with zero attached hydrogens (tertiary/aromatic N) is 1. The maximum Gasteiger partial charge on any atom is 0.269 e. The topological polar surface area (TPSA) is 147 Å². The third-order valence-electron chi connectivity index (χ3n) is 6.09. The Bertz CT molecular complexity index is 1300. The molecule has 0 unspecified atom stereocenters. The van der Waals surface area contributed by atoms with E-state index in [1.54, 1.807) is 6.92 Å². The van der Waals surface area contributed by atoms with Gasteiger partial charge >= 0.3 is 0 Å². The number of ether oxygens (including phenoxy) is 2. The van der Waals surface area contributed by atoms with Crippen LogP contribution in [0.25, 0.3) is 0 Å². The predicted octanol–water partition coefficient (Wildman–Crippen LogP) is 1.96. The number of amides is 1. The fourth-order valence-corrected chi connectivity index (χ4v) is 4.29. The van der Waals surface area contributed by atoms with Gasteiger partial charge in [0.15, 0.2) is 11.6 Å². The lowest BCUT2D eigenvalue weighted by molar-refractivity contribution is -0.112. The number of phenolic OH excluding ortho intramolecular Hbond substituents is 2. The second-order valence-electron chi connectivity index (χ2n) is 8.16. The maximum atomic E-state index is 12.9. The van der Waals surface area contributed by atoms with E-state index in [4.69, 9.17) is 9.47 Å². The van der Waals surface area contributed by atoms with E-state index in [0.717, 1.165) is 0 Å². The van der Waals surface area contributed by atoms with Gasteiger partial charge in [-0.3, -0.25) is 24.8 Å². The molecule has 10 heteroatoms. The third kappa shape index (κ3) is 3.30.